The summed E-state index contributed by atoms with van der Waals surface area (Å²) in [5, 5.41) is 0. The molecule has 0 aliphatic heterocycles. The quantitative estimate of drug-likeness (QED) is 0.0346. The molecule has 1 unspecified atom stereocenters. The summed E-state index contributed by atoms with van der Waals surface area (Å²) in [4.78, 5) is 37.8. The molecule has 0 N–H and O–H groups in total. The number of hydrogen-bond acceptors (Lipinski definition) is 6. The van der Waals surface area contributed by atoms with Gasteiger partial charge >= 0.3 is 17.9 Å². The predicted molar refractivity (Wildman–Crippen MR) is 243 cm³/mol. The van der Waals surface area contributed by atoms with Gasteiger partial charge in [-0.25, -0.2) is 0 Å². The summed E-state index contributed by atoms with van der Waals surface area (Å²) < 4.78 is 16.8. The van der Waals surface area contributed by atoms with Crippen LogP contribution in [0.4, 0.5) is 0 Å². The highest BCUT2D eigenvalue weighted by Gasteiger charge is 2.19. The third kappa shape index (κ3) is 43.8. The third-order valence-corrected chi connectivity index (χ3v) is 11.8. The molecule has 0 aliphatic carbocycles. The van der Waals surface area contributed by atoms with Gasteiger partial charge in [0.1, 0.15) is 13.2 Å². The van der Waals surface area contributed by atoms with E-state index < -0.39 is 6.10 Å². The molecule has 338 valence electrons. The van der Waals surface area contributed by atoms with Crippen LogP contribution in [0, 0.1) is 11.8 Å². The normalized spacial score (nSPS) is 12.5. The van der Waals surface area contributed by atoms with E-state index in [0.717, 1.165) is 69.6 Å². The van der Waals surface area contributed by atoms with Gasteiger partial charge in [0.25, 0.3) is 0 Å². The fourth-order valence-electron chi connectivity index (χ4n) is 7.60. The van der Waals surface area contributed by atoms with Gasteiger partial charge in [-0.3, -0.25) is 14.4 Å². The average molecular weight is 807 g/mol. The molecular weight excluding hydrogens is 709 g/mol. The van der Waals surface area contributed by atoms with Crippen LogP contribution in [0.5, 0.6) is 0 Å². The van der Waals surface area contributed by atoms with Crippen molar-refractivity contribution in [1.82, 2.24) is 0 Å². The van der Waals surface area contributed by atoms with Crippen molar-refractivity contribution < 1.29 is 28.6 Å². The van der Waals surface area contributed by atoms with Crippen molar-refractivity contribution in [1.29, 1.82) is 0 Å². The van der Waals surface area contributed by atoms with E-state index in [1.165, 1.54) is 167 Å². The van der Waals surface area contributed by atoms with E-state index in [4.69, 9.17) is 14.2 Å². The van der Waals surface area contributed by atoms with Crippen molar-refractivity contribution in [2.75, 3.05) is 13.2 Å². The monoisotopic (exact) mass is 807 g/mol. The van der Waals surface area contributed by atoms with Crippen molar-refractivity contribution in [2.45, 2.75) is 285 Å². The smallest absolute Gasteiger partial charge is 0.306 e. The fraction of sp³-hybridized carbons (Fsp3) is 0.941. The van der Waals surface area contributed by atoms with Crippen molar-refractivity contribution >= 4 is 17.9 Å². The van der Waals surface area contributed by atoms with E-state index in [2.05, 4.69) is 34.6 Å². The Kier molecular flexibility index (Phi) is 42.7. The van der Waals surface area contributed by atoms with Gasteiger partial charge in [0.15, 0.2) is 6.10 Å². The number of ether oxygens (including phenoxy) is 3. The van der Waals surface area contributed by atoms with Gasteiger partial charge in [-0.2, -0.15) is 0 Å². The molecule has 0 aromatic rings. The van der Waals surface area contributed by atoms with E-state index in [1.807, 2.05) is 0 Å². The van der Waals surface area contributed by atoms with Crippen LogP contribution in [0.1, 0.15) is 279 Å². The molecule has 0 bridgehead atoms. The van der Waals surface area contributed by atoms with Gasteiger partial charge in [0.05, 0.1) is 0 Å². The Morgan fingerprint density at radius 2 is 0.667 bits per heavy atom. The second-order valence-corrected chi connectivity index (χ2v) is 18.2. The molecule has 0 heterocycles. The first kappa shape index (κ1) is 55.4. The zero-order valence-corrected chi connectivity index (χ0v) is 39.0. The minimum absolute atomic E-state index is 0.0640. The number of esters is 3. The molecule has 0 aromatic heterocycles. The first-order valence-electron chi connectivity index (χ1n) is 25.3. The van der Waals surface area contributed by atoms with Crippen LogP contribution >= 0.6 is 0 Å². The van der Waals surface area contributed by atoms with Gasteiger partial charge in [0.2, 0.25) is 0 Å². The molecule has 0 saturated heterocycles. The average Bonchev–Trinajstić information content (AvgIpc) is 3.19. The third-order valence-electron chi connectivity index (χ3n) is 11.8. The number of carbonyl (C=O) groups is 3. The molecule has 0 saturated carbocycles. The minimum atomic E-state index is -0.761. The van der Waals surface area contributed by atoms with Crippen LogP contribution in [-0.4, -0.2) is 37.2 Å². The van der Waals surface area contributed by atoms with Crippen molar-refractivity contribution in [3.05, 3.63) is 0 Å². The van der Waals surface area contributed by atoms with Crippen LogP contribution in [0.2, 0.25) is 0 Å². The highest BCUT2D eigenvalue weighted by molar-refractivity contribution is 5.71. The lowest BCUT2D eigenvalue weighted by atomic mass is 9.99. The zero-order valence-electron chi connectivity index (χ0n) is 39.0. The van der Waals surface area contributed by atoms with Crippen LogP contribution < -0.4 is 0 Å². The molecule has 0 rings (SSSR count). The Hall–Kier alpha value is -1.59. The van der Waals surface area contributed by atoms with E-state index in [9.17, 15) is 14.4 Å². The molecule has 0 aliphatic rings. The maximum absolute atomic E-state index is 12.8. The molecule has 0 spiro atoms. The van der Waals surface area contributed by atoms with Gasteiger partial charge in [-0.05, 0) is 31.1 Å². The summed E-state index contributed by atoms with van der Waals surface area (Å²) in [6.45, 7) is 11.4. The molecule has 0 amide bonds. The Morgan fingerprint density at radius 1 is 0.368 bits per heavy atom. The van der Waals surface area contributed by atoms with Gasteiger partial charge in [0, 0.05) is 19.3 Å². The summed E-state index contributed by atoms with van der Waals surface area (Å²) in [7, 11) is 0. The van der Waals surface area contributed by atoms with Crippen molar-refractivity contribution in [3.8, 4) is 0 Å². The van der Waals surface area contributed by atoms with Crippen LogP contribution in [0.25, 0.3) is 0 Å². The molecule has 0 fully saturated rings. The second-order valence-electron chi connectivity index (χ2n) is 18.2. The standard InChI is InChI=1S/C51H98O6/c1-6-8-9-10-11-19-26-31-36-41-49(52)55-44-48(57-51(54)43-38-33-28-23-18-17-21-25-30-35-40-47(5)7-2)45-56-50(53)42-37-32-27-22-16-14-12-13-15-20-24-29-34-39-46(3)4/h46-48H,6-45H2,1-5H3/t47?,48-/m1/s1. The number of carbonyl (C=O) groups excluding carboxylic acids is 3. The first-order chi connectivity index (χ1) is 27.8. The SMILES string of the molecule is CCCCCCCCCCCC(=O)OC[C@H](COC(=O)CCCCCCCCCCCCCCCC(C)C)OC(=O)CCCCCCCCCCCCC(C)CC. The predicted octanol–water partition coefficient (Wildman–Crippen LogP) is 16.1. The number of rotatable bonds is 45. The van der Waals surface area contributed by atoms with Crippen LogP contribution in [0.15, 0.2) is 0 Å². The maximum atomic E-state index is 12.8. The lowest BCUT2D eigenvalue weighted by Gasteiger charge is -2.18. The lowest BCUT2D eigenvalue weighted by Crippen LogP contribution is -2.30. The van der Waals surface area contributed by atoms with Crippen LogP contribution in [0.3, 0.4) is 0 Å². The topological polar surface area (TPSA) is 78.9 Å². The summed E-state index contributed by atoms with van der Waals surface area (Å²) in [6.07, 6.45) is 43.7. The highest BCUT2D eigenvalue weighted by Crippen LogP contribution is 2.18. The molecular formula is C51H98O6. The Bertz CT molecular complexity index is 872. The zero-order chi connectivity index (χ0) is 41.9. The van der Waals surface area contributed by atoms with Gasteiger partial charge in [-0.1, -0.05) is 240 Å². The van der Waals surface area contributed by atoms with E-state index >= 15 is 0 Å². The molecule has 0 aromatic carbocycles. The Labute approximate surface area is 355 Å². The molecule has 2 atom stereocenters. The number of hydrogen-bond donors (Lipinski definition) is 0. The fourth-order valence-corrected chi connectivity index (χ4v) is 7.60. The minimum Gasteiger partial charge on any atom is -0.462 e. The summed E-state index contributed by atoms with van der Waals surface area (Å²) >= 11 is 0. The van der Waals surface area contributed by atoms with Crippen molar-refractivity contribution in [2.24, 2.45) is 11.8 Å². The molecule has 6 heteroatoms. The largest absolute Gasteiger partial charge is 0.462 e. The van der Waals surface area contributed by atoms with E-state index in [1.54, 1.807) is 0 Å². The molecule has 0 radical (unpaired) electrons. The Balaban J connectivity index is 4.28. The van der Waals surface area contributed by atoms with E-state index in [0.29, 0.717) is 19.3 Å². The second kappa shape index (κ2) is 44.0. The number of unbranched alkanes of at least 4 members (excludes halogenated alkanes) is 29. The summed E-state index contributed by atoms with van der Waals surface area (Å²) in [6, 6.07) is 0. The summed E-state index contributed by atoms with van der Waals surface area (Å²) in [5.41, 5.74) is 0. The highest BCUT2D eigenvalue weighted by atomic mass is 16.6. The lowest BCUT2D eigenvalue weighted by molar-refractivity contribution is -0.167. The Morgan fingerprint density at radius 3 is 1.00 bits per heavy atom. The van der Waals surface area contributed by atoms with Gasteiger partial charge in [-0.15, -0.1) is 0 Å². The maximum Gasteiger partial charge on any atom is 0.306 e. The van der Waals surface area contributed by atoms with Crippen LogP contribution in [-0.2, 0) is 28.6 Å². The van der Waals surface area contributed by atoms with Crippen molar-refractivity contribution in [3.63, 3.8) is 0 Å². The molecule has 6 nitrogen and oxygen atoms in total. The van der Waals surface area contributed by atoms with Gasteiger partial charge < -0.3 is 14.2 Å². The first-order valence-corrected chi connectivity index (χ1v) is 25.3. The summed E-state index contributed by atoms with van der Waals surface area (Å²) in [5.74, 6) is 0.855. The molecule has 57 heavy (non-hydrogen) atoms. The van der Waals surface area contributed by atoms with E-state index in [-0.39, 0.29) is 31.1 Å².